The van der Waals surface area contributed by atoms with E-state index in [1.54, 1.807) is 4.90 Å². The molecule has 2 bridgehead atoms. The maximum absolute atomic E-state index is 13.6. The van der Waals surface area contributed by atoms with E-state index in [1.807, 2.05) is 19.1 Å². The van der Waals surface area contributed by atoms with E-state index in [4.69, 9.17) is 13.8 Å². The number of ether oxygens (including phenoxy) is 2. The van der Waals surface area contributed by atoms with Crippen LogP contribution in [0.15, 0.2) is 36.4 Å². The summed E-state index contributed by atoms with van der Waals surface area (Å²) >= 11 is 1.54. The van der Waals surface area contributed by atoms with Crippen molar-refractivity contribution < 1.29 is 28.3 Å². The van der Waals surface area contributed by atoms with Gasteiger partial charge in [0.15, 0.2) is 5.82 Å². The number of piperazine rings is 1. The van der Waals surface area contributed by atoms with Crippen molar-refractivity contribution >= 4 is 45.4 Å². The van der Waals surface area contributed by atoms with Gasteiger partial charge >= 0.3 is 6.16 Å². The minimum Gasteiger partial charge on any atom is -0.430 e. The second kappa shape index (κ2) is 13.0. The van der Waals surface area contributed by atoms with Crippen LogP contribution in [0.2, 0.25) is 0 Å². The van der Waals surface area contributed by atoms with Crippen LogP contribution in [-0.2, 0) is 19.1 Å². The van der Waals surface area contributed by atoms with Crippen molar-refractivity contribution in [2.45, 2.75) is 58.3 Å². The van der Waals surface area contributed by atoms with Crippen molar-refractivity contribution in [3.8, 4) is 0 Å². The first kappa shape index (κ1) is 30.7. The highest BCUT2D eigenvalue weighted by Crippen LogP contribution is 2.56. The summed E-state index contributed by atoms with van der Waals surface area (Å²) < 4.78 is 17.8. The van der Waals surface area contributed by atoms with Crippen molar-refractivity contribution in [2.75, 3.05) is 57.5 Å². The largest absolute Gasteiger partial charge is 0.512 e. The number of nitrogens with zero attached hydrogens (tertiary/aromatic N) is 4. The van der Waals surface area contributed by atoms with Crippen LogP contribution in [0.5, 0.6) is 0 Å². The highest BCUT2D eigenvalue weighted by atomic mass is 32.1. The highest BCUT2D eigenvalue weighted by molar-refractivity contribution is 7.13. The number of anilines is 1. The fourth-order valence-electron chi connectivity index (χ4n) is 9.30. The van der Waals surface area contributed by atoms with Crippen LogP contribution in [0.3, 0.4) is 0 Å². The fourth-order valence-corrected chi connectivity index (χ4v) is 10.1. The molecule has 0 N–H and O–H groups in total. The molecule has 3 aliphatic carbocycles. The Morgan fingerprint density at radius 1 is 0.978 bits per heavy atom. The smallest absolute Gasteiger partial charge is 0.430 e. The van der Waals surface area contributed by atoms with Crippen molar-refractivity contribution in [3.05, 3.63) is 36.4 Å². The molecule has 5 fully saturated rings. The Hall–Kier alpha value is -2.98. The molecule has 3 saturated carbocycles. The number of hydrogen-bond donors (Lipinski definition) is 0. The van der Waals surface area contributed by atoms with E-state index >= 15 is 0 Å². The van der Waals surface area contributed by atoms with E-state index < -0.39 is 6.16 Å². The van der Waals surface area contributed by atoms with Gasteiger partial charge in [0.05, 0.1) is 49.3 Å². The van der Waals surface area contributed by atoms with Crippen molar-refractivity contribution in [1.29, 1.82) is 0 Å². The van der Waals surface area contributed by atoms with E-state index in [-0.39, 0.29) is 42.9 Å². The number of hydrogen-bond acceptors (Lipinski definition) is 8. The molecule has 6 unspecified atom stereocenters. The molecule has 3 heterocycles. The summed E-state index contributed by atoms with van der Waals surface area (Å²) in [5.41, 5.74) is 0. The molecule has 2 amide bonds. The van der Waals surface area contributed by atoms with Gasteiger partial charge in [0.2, 0.25) is 18.5 Å². The molecule has 2 saturated heterocycles. The molecule has 1 aromatic heterocycles. The molecule has 45 heavy (non-hydrogen) atoms. The number of aromatic nitrogens is 1. The van der Waals surface area contributed by atoms with Gasteiger partial charge in [-0.3, -0.25) is 19.0 Å². The third-order valence-corrected chi connectivity index (χ3v) is 12.4. The molecule has 0 radical (unpaired) electrons. The zero-order valence-electron chi connectivity index (χ0n) is 26.5. The van der Waals surface area contributed by atoms with Crippen molar-refractivity contribution in [3.63, 3.8) is 0 Å². The Labute approximate surface area is 270 Å². The van der Waals surface area contributed by atoms with Gasteiger partial charge in [-0.1, -0.05) is 44.1 Å². The Morgan fingerprint density at radius 3 is 2.42 bits per heavy atom. The average Bonchev–Trinajstić information content (AvgIpc) is 3.84. The molecular weight excluding hydrogens is 588 g/mol. The summed E-state index contributed by atoms with van der Waals surface area (Å²) in [6, 6.07) is 8.38. The fraction of sp³-hybridized carbons (Fsp3) is 0.657. The van der Waals surface area contributed by atoms with Gasteiger partial charge in [-0.25, -0.2) is 4.79 Å². The van der Waals surface area contributed by atoms with Gasteiger partial charge < -0.3 is 14.4 Å². The Kier molecular flexibility index (Phi) is 8.88. The van der Waals surface area contributed by atoms with Gasteiger partial charge in [0.25, 0.3) is 0 Å². The minimum absolute atomic E-state index is 0.0573. The Morgan fingerprint density at radius 2 is 1.69 bits per heavy atom. The van der Waals surface area contributed by atoms with Crippen LogP contribution >= 0.6 is 11.5 Å². The molecule has 7 rings (SSSR count). The number of benzene rings is 1. The second-order valence-electron chi connectivity index (χ2n) is 14.2. The summed E-state index contributed by atoms with van der Waals surface area (Å²) in [7, 11) is 0. The lowest BCUT2D eigenvalue weighted by Crippen LogP contribution is -2.63. The van der Waals surface area contributed by atoms with Crippen LogP contribution in [0.25, 0.3) is 10.1 Å². The third-order valence-electron chi connectivity index (χ3n) is 11.6. The maximum Gasteiger partial charge on any atom is 0.512 e. The van der Waals surface area contributed by atoms with E-state index in [2.05, 4.69) is 29.2 Å². The molecular formula is C35H47N4O5S+. The molecule has 1 aromatic carbocycles. The van der Waals surface area contributed by atoms with Crippen molar-refractivity contribution in [1.82, 2.24) is 9.27 Å². The van der Waals surface area contributed by atoms with E-state index in [9.17, 15) is 14.4 Å². The summed E-state index contributed by atoms with van der Waals surface area (Å²) in [6.07, 6.45) is 11.8. The topological polar surface area (TPSA) is 89.0 Å². The van der Waals surface area contributed by atoms with Crippen LogP contribution < -0.4 is 4.90 Å². The molecule has 242 valence electrons. The molecule has 10 heteroatoms. The molecule has 2 aromatic rings. The average molecular weight is 636 g/mol. The van der Waals surface area contributed by atoms with Gasteiger partial charge in [-0.2, -0.15) is 4.37 Å². The molecule has 0 spiro atoms. The number of imide groups is 1. The third kappa shape index (κ3) is 6.00. The quantitative estimate of drug-likeness (QED) is 0.140. The SMILES string of the molecule is CC/C=C/COC(=O)OC[N+]1(CC2CCCCC2CN2C(=O)C3C4CCC(C4)C3C2=O)CCN(c2nsc3ccccc23)CC1. The van der Waals surface area contributed by atoms with Gasteiger partial charge in [0.1, 0.15) is 6.61 Å². The predicted molar refractivity (Wildman–Crippen MR) is 173 cm³/mol. The Bertz CT molecular complexity index is 1410. The zero-order chi connectivity index (χ0) is 31.0. The van der Waals surface area contributed by atoms with E-state index in [0.717, 1.165) is 89.9 Å². The van der Waals surface area contributed by atoms with Crippen LogP contribution in [-0.4, -0.2) is 84.3 Å². The number of carbonyl (C=O) groups excluding carboxylic acids is 3. The Balaban J connectivity index is 1.06. The number of fused-ring (bicyclic) bond motifs is 6. The maximum atomic E-state index is 13.6. The number of rotatable bonds is 10. The summed E-state index contributed by atoms with van der Waals surface area (Å²) in [4.78, 5) is 43.8. The first-order valence-electron chi connectivity index (χ1n) is 17.2. The predicted octanol–water partition coefficient (Wildman–Crippen LogP) is 5.85. The summed E-state index contributed by atoms with van der Waals surface area (Å²) in [5.74, 6) is 2.61. The first-order chi connectivity index (χ1) is 22.0. The summed E-state index contributed by atoms with van der Waals surface area (Å²) in [6.45, 7) is 7.23. The minimum atomic E-state index is -0.629. The van der Waals surface area contributed by atoms with Gasteiger partial charge in [-0.15, -0.1) is 0 Å². The monoisotopic (exact) mass is 635 g/mol. The summed E-state index contributed by atoms with van der Waals surface area (Å²) in [5, 5.41) is 1.19. The highest BCUT2D eigenvalue weighted by Gasteiger charge is 2.61. The first-order valence-corrected chi connectivity index (χ1v) is 18.0. The van der Waals surface area contributed by atoms with E-state index in [0.29, 0.717) is 28.8 Å². The molecule has 2 aliphatic heterocycles. The normalized spacial score (nSPS) is 30.9. The van der Waals surface area contributed by atoms with Crippen LogP contribution in [0.1, 0.15) is 58.3 Å². The zero-order valence-corrected chi connectivity index (χ0v) is 27.3. The second-order valence-corrected chi connectivity index (χ2v) is 15.0. The standard InChI is InChI=1S/C35H47N4O5S/c1-2-3-8-19-43-35(42)44-23-39(17-15-37(16-18-39)32-28-11-6-7-12-29(28)45-36-32)22-27-10-5-4-9-26(27)21-38-33(40)30-24-13-14-25(20-24)31(30)34(38)41/h3,6-8,11-12,24-27,30-31H,2,4-5,9-10,13-23H2,1H3/q+1/b8-3+. The van der Waals surface area contributed by atoms with Crippen molar-refractivity contribution in [2.24, 2.45) is 35.5 Å². The lowest BCUT2D eigenvalue weighted by Gasteiger charge is -2.47. The van der Waals surface area contributed by atoms with Gasteiger partial charge in [0, 0.05) is 17.8 Å². The van der Waals surface area contributed by atoms with Gasteiger partial charge in [-0.05, 0) is 79.9 Å². The number of amides is 2. The lowest BCUT2D eigenvalue weighted by atomic mass is 9.78. The van der Waals surface area contributed by atoms with E-state index in [1.165, 1.54) is 21.6 Å². The lowest BCUT2D eigenvalue weighted by molar-refractivity contribution is -0.947. The molecule has 5 aliphatic rings. The van der Waals surface area contributed by atoms with Crippen LogP contribution in [0, 0.1) is 35.5 Å². The number of quaternary nitrogens is 1. The number of likely N-dealkylation sites (tertiary alicyclic amines) is 1. The number of carbonyl (C=O) groups is 3. The van der Waals surface area contributed by atoms with Crippen LogP contribution in [0.4, 0.5) is 10.6 Å². The molecule has 9 nitrogen and oxygen atoms in total. The number of allylic oxidation sites excluding steroid dienone is 1. The molecule has 6 atom stereocenters.